The molecule has 1 amide bonds. The quantitative estimate of drug-likeness (QED) is 0.475. The molecule has 24 heavy (non-hydrogen) atoms. The van der Waals surface area contributed by atoms with Gasteiger partial charge in [-0.1, -0.05) is 0 Å². The van der Waals surface area contributed by atoms with Gasteiger partial charge < -0.3 is 10.6 Å². The molecule has 2 heterocycles. The standard InChI is InChI=1S/C16H18N6O2/c23-15(5-6-17-14-8-12(19-21-14)9-1-2-9)18-10-3-4-11-13(7-10)20-22-16(11)24/h3-4,7-9H,1-2,5-6H2,(H,18,23)(H2,17,19,21)(H2,20,22,24). The lowest BCUT2D eigenvalue weighted by atomic mass is 10.2. The van der Waals surface area contributed by atoms with Crippen molar-refractivity contribution in [2.45, 2.75) is 25.2 Å². The van der Waals surface area contributed by atoms with Crippen LogP contribution in [0.2, 0.25) is 0 Å². The molecule has 1 saturated carbocycles. The molecular formula is C16H18N6O2. The second-order valence-corrected chi connectivity index (χ2v) is 6.05. The van der Waals surface area contributed by atoms with E-state index in [0.717, 1.165) is 11.5 Å². The lowest BCUT2D eigenvalue weighted by Crippen LogP contribution is -2.16. The van der Waals surface area contributed by atoms with Crippen LogP contribution in [0.15, 0.2) is 29.1 Å². The first-order valence-electron chi connectivity index (χ1n) is 7.98. The van der Waals surface area contributed by atoms with Gasteiger partial charge in [-0.3, -0.25) is 24.9 Å². The molecule has 1 fully saturated rings. The third-order valence-electron chi connectivity index (χ3n) is 4.13. The number of nitrogens with zero attached hydrogens (tertiary/aromatic N) is 1. The van der Waals surface area contributed by atoms with Crippen LogP contribution in [0.4, 0.5) is 11.5 Å². The molecule has 0 radical (unpaired) electrons. The number of hydrogen-bond donors (Lipinski definition) is 5. The number of H-pyrrole nitrogens is 3. The van der Waals surface area contributed by atoms with Crippen molar-refractivity contribution in [2.24, 2.45) is 0 Å². The van der Waals surface area contributed by atoms with Crippen molar-refractivity contribution in [2.75, 3.05) is 17.2 Å². The normalized spacial score (nSPS) is 14.0. The van der Waals surface area contributed by atoms with E-state index in [-0.39, 0.29) is 11.5 Å². The fourth-order valence-corrected chi connectivity index (χ4v) is 2.67. The van der Waals surface area contributed by atoms with E-state index in [9.17, 15) is 9.59 Å². The topological polar surface area (TPSA) is 118 Å². The maximum Gasteiger partial charge on any atom is 0.271 e. The number of carbonyl (C=O) groups excluding carboxylic acids is 1. The van der Waals surface area contributed by atoms with Gasteiger partial charge >= 0.3 is 0 Å². The van der Waals surface area contributed by atoms with Crippen LogP contribution < -0.4 is 16.2 Å². The second-order valence-electron chi connectivity index (χ2n) is 6.05. The largest absolute Gasteiger partial charge is 0.368 e. The van der Waals surface area contributed by atoms with Gasteiger partial charge in [0, 0.05) is 36.3 Å². The maximum atomic E-state index is 12.0. The maximum absolute atomic E-state index is 12.0. The summed E-state index contributed by atoms with van der Waals surface area (Å²) in [5.74, 6) is 1.31. The van der Waals surface area contributed by atoms with E-state index in [0.29, 0.717) is 35.5 Å². The Bertz CT molecular complexity index is 933. The van der Waals surface area contributed by atoms with E-state index in [4.69, 9.17) is 0 Å². The van der Waals surface area contributed by atoms with Gasteiger partial charge in [0.15, 0.2) is 0 Å². The highest BCUT2D eigenvalue weighted by Crippen LogP contribution is 2.39. The van der Waals surface area contributed by atoms with Crippen LogP contribution in [0.5, 0.6) is 0 Å². The highest BCUT2D eigenvalue weighted by atomic mass is 16.1. The van der Waals surface area contributed by atoms with E-state index in [1.54, 1.807) is 18.2 Å². The first kappa shape index (κ1) is 14.6. The Kier molecular flexibility index (Phi) is 3.56. The van der Waals surface area contributed by atoms with Gasteiger partial charge in [-0.05, 0) is 31.0 Å². The third kappa shape index (κ3) is 3.03. The zero-order chi connectivity index (χ0) is 16.5. The van der Waals surface area contributed by atoms with E-state index >= 15 is 0 Å². The Morgan fingerprint density at radius 3 is 2.96 bits per heavy atom. The van der Waals surface area contributed by atoms with Gasteiger partial charge in [-0.15, -0.1) is 0 Å². The molecule has 124 valence electrons. The monoisotopic (exact) mass is 326 g/mol. The van der Waals surface area contributed by atoms with E-state index in [1.807, 2.05) is 6.07 Å². The fraction of sp³-hybridized carbons (Fsp3) is 0.312. The number of aromatic nitrogens is 4. The summed E-state index contributed by atoms with van der Waals surface area (Å²) in [7, 11) is 0. The molecule has 0 spiro atoms. The van der Waals surface area contributed by atoms with Crippen LogP contribution in [0.25, 0.3) is 10.9 Å². The van der Waals surface area contributed by atoms with Crippen LogP contribution in [0, 0.1) is 0 Å². The van der Waals surface area contributed by atoms with Crippen molar-refractivity contribution in [3.63, 3.8) is 0 Å². The van der Waals surface area contributed by atoms with Crippen LogP contribution in [0.1, 0.15) is 30.9 Å². The molecule has 2 aromatic heterocycles. The minimum absolute atomic E-state index is 0.0994. The van der Waals surface area contributed by atoms with Crippen molar-refractivity contribution in [3.05, 3.63) is 40.3 Å². The second kappa shape index (κ2) is 5.88. The van der Waals surface area contributed by atoms with E-state index < -0.39 is 0 Å². The van der Waals surface area contributed by atoms with E-state index in [1.165, 1.54) is 12.8 Å². The van der Waals surface area contributed by atoms with Gasteiger partial charge in [0.1, 0.15) is 5.82 Å². The summed E-state index contributed by atoms with van der Waals surface area (Å²) in [6.45, 7) is 0.504. The van der Waals surface area contributed by atoms with Gasteiger partial charge in [0.25, 0.3) is 5.56 Å². The third-order valence-corrected chi connectivity index (χ3v) is 4.13. The predicted molar refractivity (Wildman–Crippen MR) is 91.2 cm³/mol. The number of amides is 1. The molecule has 5 N–H and O–H groups in total. The van der Waals surface area contributed by atoms with Crippen molar-refractivity contribution >= 4 is 28.3 Å². The number of hydrogen-bond acceptors (Lipinski definition) is 4. The number of aromatic amines is 3. The summed E-state index contributed by atoms with van der Waals surface area (Å²) < 4.78 is 0. The summed E-state index contributed by atoms with van der Waals surface area (Å²) in [6.07, 6.45) is 2.77. The average molecular weight is 326 g/mol. The lowest BCUT2D eigenvalue weighted by molar-refractivity contribution is -0.115. The predicted octanol–water partition coefficient (Wildman–Crippen LogP) is 1.90. The Morgan fingerprint density at radius 1 is 1.25 bits per heavy atom. The van der Waals surface area contributed by atoms with Gasteiger partial charge in [0.2, 0.25) is 5.91 Å². The summed E-state index contributed by atoms with van der Waals surface area (Å²) in [5.41, 5.74) is 2.31. The molecule has 1 aliphatic carbocycles. The number of carbonyl (C=O) groups is 1. The van der Waals surface area contributed by atoms with Crippen LogP contribution in [-0.4, -0.2) is 32.8 Å². The average Bonchev–Trinajstić information content (AvgIpc) is 3.21. The zero-order valence-electron chi connectivity index (χ0n) is 13.0. The molecule has 0 bridgehead atoms. The molecule has 1 aromatic carbocycles. The summed E-state index contributed by atoms with van der Waals surface area (Å²) >= 11 is 0. The number of anilines is 2. The number of benzene rings is 1. The van der Waals surface area contributed by atoms with E-state index in [2.05, 4.69) is 31.0 Å². The Hall–Kier alpha value is -3.03. The lowest BCUT2D eigenvalue weighted by Gasteiger charge is -2.06. The van der Waals surface area contributed by atoms with Crippen molar-refractivity contribution in [3.8, 4) is 0 Å². The fourth-order valence-electron chi connectivity index (χ4n) is 2.67. The molecule has 4 rings (SSSR count). The zero-order valence-corrected chi connectivity index (χ0v) is 13.0. The smallest absolute Gasteiger partial charge is 0.271 e. The number of fused-ring (bicyclic) bond motifs is 1. The number of rotatable bonds is 6. The van der Waals surface area contributed by atoms with Gasteiger partial charge in [0.05, 0.1) is 10.9 Å². The van der Waals surface area contributed by atoms with Crippen molar-refractivity contribution < 1.29 is 4.79 Å². The SMILES string of the molecule is O=C(CCNc1cc(C2CC2)[nH]n1)Nc1ccc2c(=O)[nH][nH]c2c1. The van der Waals surface area contributed by atoms with Crippen molar-refractivity contribution in [1.82, 2.24) is 20.4 Å². The summed E-state index contributed by atoms with van der Waals surface area (Å²) in [4.78, 5) is 23.5. The molecule has 8 nitrogen and oxygen atoms in total. The van der Waals surface area contributed by atoms with Gasteiger partial charge in [-0.2, -0.15) is 5.10 Å². The Morgan fingerprint density at radius 2 is 2.12 bits per heavy atom. The molecule has 1 aliphatic rings. The first-order chi connectivity index (χ1) is 11.7. The summed E-state index contributed by atoms with van der Waals surface area (Å²) in [5, 5.41) is 19.0. The minimum Gasteiger partial charge on any atom is -0.368 e. The van der Waals surface area contributed by atoms with Crippen molar-refractivity contribution in [1.29, 1.82) is 0 Å². The molecule has 0 unspecified atom stereocenters. The van der Waals surface area contributed by atoms with Gasteiger partial charge in [-0.25, -0.2) is 0 Å². The van der Waals surface area contributed by atoms with Crippen LogP contribution >= 0.6 is 0 Å². The first-order valence-corrected chi connectivity index (χ1v) is 7.98. The van der Waals surface area contributed by atoms with Crippen LogP contribution in [0.3, 0.4) is 0 Å². The molecule has 0 atom stereocenters. The Balaban J connectivity index is 1.29. The summed E-state index contributed by atoms with van der Waals surface area (Å²) in [6, 6.07) is 7.13. The molecule has 0 saturated heterocycles. The Labute approximate surface area is 137 Å². The van der Waals surface area contributed by atoms with Crippen LogP contribution in [-0.2, 0) is 4.79 Å². The molecule has 3 aromatic rings. The molecule has 0 aliphatic heterocycles. The minimum atomic E-state index is -0.170. The highest BCUT2D eigenvalue weighted by Gasteiger charge is 2.25. The molecular weight excluding hydrogens is 308 g/mol. The number of nitrogens with one attached hydrogen (secondary N) is 5. The molecule has 8 heteroatoms. The highest BCUT2D eigenvalue weighted by molar-refractivity contribution is 5.93.